The molecule has 1 unspecified atom stereocenters. The topological polar surface area (TPSA) is 127 Å². The third-order valence-corrected chi connectivity index (χ3v) is 7.58. The smallest absolute Gasteiger partial charge is 0.257 e. The van der Waals surface area contributed by atoms with Crippen LogP contribution < -0.4 is 16.4 Å². The first-order valence-electron chi connectivity index (χ1n) is 12.9. The Balaban J connectivity index is 0.000000168. The lowest BCUT2D eigenvalue weighted by atomic mass is 10.1. The van der Waals surface area contributed by atoms with Gasteiger partial charge in [0.25, 0.3) is 11.8 Å². The second-order valence-electron chi connectivity index (χ2n) is 9.70. The quantitative estimate of drug-likeness (QED) is 0.248. The Kier molecular flexibility index (Phi) is 8.58. The van der Waals surface area contributed by atoms with Crippen molar-refractivity contribution in [2.45, 2.75) is 31.7 Å². The van der Waals surface area contributed by atoms with Crippen molar-refractivity contribution in [2.75, 3.05) is 10.6 Å². The van der Waals surface area contributed by atoms with Crippen LogP contribution in [0, 0.1) is 11.6 Å². The normalized spacial score (nSPS) is 14.9. The fourth-order valence-electron chi connectivity index (χ4n) is 4.86. The Labute approximate surface area is 249 Å². The first-order chi connectivity index (χ1) is 20.1. The van der Waals surface area contributed by atoms with Crippen LogP contribution in [-0.4, -0.2) is 27.6 Å². The van der Waals surface area contributed by atoms with Gasteiger partial charge in [-0.2, -0.15) is 0 Å². The van der Waals surface area contributed by atoms with Gasteiger partial charge < -0.3 is 16.4 Å². The molecule has 2 aliphatic rings. The third kappa shape index (κ3) is 6.15. The van der Waals surface area contributed by atoms with Crippen LogP contribution in [0.4, 0.5) is 20.2 Å². The van der Waals surface area contributed by atoms with E-state index in [1.54, 1.807) is 6.20 Å². The molecule has 0 aliphatic heterocycles. The molecule has 0 saturated carbocycles. The van der Waals surface area contributed by atoms with Crippen LogP contribution in [0.15, 0.2) is 61.2 Å². The van der Waals surface area contributed by atoms with E-state index >= 15 is 0 Å². The van der Waals surface area contributed by atoms with Crippen LogP contribution in [0.2, 0.25) is 10.0 Å². The van der Waals surface area contributed by atoms with Gasteiger partial charge in [-0.3, -0.25) is 24.4 Å². The van der Waals surface area contributed by atoms with Crippen molar-refractivity contribution in [2.24, 2.45) is 5.73 Å². The zero-order valence-electron chi connectivity index (χ0n) is 21.9. The van der Waals surface area contributed by atoms with E-state index in [0.717, 1.165) is 24.0 Å². The molecule has 2 aromatic carbocycles. The zero-order valence-corrected chi connectivity index (χ0v) is 23.4. The van der Waals surface area contributed by atoms with Gasteiger partial charge in [0.1, 0.15) is 11.6 Å². The van der Waals surface area contributed by atoms with Crippen LogP contribution >= 0.6 is 23.2 Å². The molecule has 12 heteroatoms. The number of halogens is 4. The number of carbonyl (C=O) groups excluding carboxylic acids is 3. The summed E-state index contributed by atoms with van der Waals surface area (Å²) < 4.78 is 26.2. The van der Waals surface area contributed by atoms with E-state index in [-0.39, 0.29) is 27.8 Å². The van der Waals surface area contributed by atoms with Gasteiger partial charge in [-0.15, -0.1) is 0 Å². The lowest BCUT2D eigenvalue weighted by Gasteiger charge is -2.10. The molecule has 214 valence electrons. The molecular weight excluding hydrogens is 587 g/mol. The van der Waals surface area contributed by atoms with E-state index in [1.807, 2.05) is 0 Å². The minimum Gasteiger partial charge on any atom is -0.324 e. The molecular formula is C30H23Cl2F2N5O3. The highest BCUT2D eigenvalue weighted by atomic mass is 35.5. The summed E-state index contributed by atoms with van der Waals surface area (Å²) in [6, 6.07) is 7.90. The Bertz CT molecular complexity index is 1730. The standard InChI is InChI=1S/C15H13ClFN3O.C15H10ClFN2O2/c16-12-5-8(1-3-13(12)17)20-15(21)11-7-19-6-10-9(11)2-4-14(10)18;16-12-5-8(1-3-13(12)17)19-15(21)11-7-18-6-10-9(11)2-4-14(10)20/h1,3,5-7,14H,2,4,18H2,(H,20,21);1,3,5-7H,2,4H2,(H,19,21). The van der Waals surface area contributed by atoms with Gasteiger partial charge in [-0.1, -0.05) is 23.2 Å². The van der Waals surface area contributed by atoms with E-state index < -0.39 is 17.5 Å². The minimum atomic E-state index is -0.553. The molecule has 2 amide bonds. The number of aromatic nitrogens is 2. The number of anilines is 2. The van der Waals surface area contributed by atoms with Gasteiger partial charge in [-0.05, 0) is 72.4 Å². The van der Waals surface area contributed by atoms with Crippen LogP contribution in [0.5, 0.6) is 0 Å². The lowest BCUT2D eigenvalue weighted by Crippen LogP contribution is -2.15. The summed E-state index contributed by atoms with van der Waals surface area (Å²) in [7, 11) is 0. The summed E-state index contributed by atoms with van der Waals surface area (Å²) in [6.07, 6.45) is 8.63. The monoisotopic (exact) mass is 609 g/mol. The van der Waals surface area contributed by atoms with E-state index in [1.165, 1.54) is 55.0 Å². The van der Waals surface area contributed by atoms with Crippen molar-refractivity contribution in [3.8, 4) is 0 Å². The van der Waals surface area contributed by atoms with Gasteiger partial charge in [0.15, 0.2) is 5.78 Å². The number of nitrogens with one attached hydrogen (secondary N) is 2. The number of fused-ring (bicyclic) bond motifs is 2. The average Bonchev–Trinajstić information content (AvgIpc) is 3.55. The molecule has 8 nitrogen and oxygen atoms in total. The summed E-state index contributed by atoms with van der Waals surface area (Å²) in [5.74, 6) is -1.77. The zero-order chi connectivity index (χ0) is 30.0. The van der Waals surface area contributed by atoms with Crippen LogP contribution in [0.3, 0.4) is 0 Å². The highest BCUT2D eigenvalue weighted by molar-refractivity contribution is 6.31. The lowest BCUT2D eigenvalue weighted by molar-refractivity contribution is 0.0991. The second-order valence-corrected chi connectivity index (χ2v) is 10.5. The maximum absolute atomic E-state index is 13.1. The number of amides is 2. The molecule has 0 fully saturated rings. The highest BCUT2D eigenvalue weighted by Crippen LogP contribution is 2.31. The molecule has 0 bridgehead atoms. The Hall–Kier alpha value is -4.25. The number of nitrogens with zero attached hydrogens (tertiary/aromatic N) is 2. The number of pyridine rings is 2. The summed E-state index contributed by atoms with van der Waals surface area (Å²) in [4.78, 5) is 44.3. The maximum atomic E-state index is 13.1. The van der Waals surface area contributed by atoms with Crippen molar-refractivity contribution in [1.29, 1.82) is 0 Å². The van der Waals surface area contributed by atoms with Crippen molar-refractivity contribution >= 4 is 52.2 Å². The molecule has 4 N–H and O–H groups in total. The molecule has 0 radical (unpaired) electrons. The third-order valence-electron chi connectivity index (χ3n) is 7.00. The summed E-state index contributed by atoms with van der Waals surface area (Å²) in [6.45, 7) is 0. The van der Waals surface area contributed by atoms with Gasteiger partial charge in [0.05, 0.1) is 21.2 Å². The fraction of sp³-hybridized carbons (Fsp3) is 0.167. The van der Waals surface area contributed by atoms with E-state index in [0.29, 0.717) is 46.5 Å². The van der Waals surface area contributed by atoms with Gasteiger partial charge >= 0.3 is 0 Å². The summed E-state index contributed by atoms with van der Waals surface area (Å²) >= 11 is 11.4. The van der Waals surface area contributed by atoms with Gasteiger partial charge in [0.2, 0.25) is 0 Å². The fourth-order valence-corrected chi connectivity index (χ4v) is 5.22. The molecule has 0 spiro atoms. The van der Waals surface area contributed by atoms with Crippen molar-refractivity contribution < 1.29 is 23.2 Å². The number of benzene rings is 2. The molecule has 2 aliphatic carbocycles. The van der Waals surface area contributed by atoms with Gasteiger partial charge in [-0.25, -0.2) is 8.78 Å². The first kappa shape index (κ1) is 29.2. The Morgan fingerprint density at radius 3 is 1.90 bits per heavy atom. The molecule has 6 rings (SSSR count). The largest absolute Gasteiger partial charge is 0.324 e. The molecule has 2 aromatic heterocycles. The number of hydrogen-bond donors (Lipinski definition) is 3. The van der Waals surface area contributed by atoms with Crippen molar-refractivity contribution in [3.05, 3.63) is 116 Å². The van der Waals surface area contributed by atoms with Crippen molar-refractivity contribution in [3.63, 3.8) is 0 Å². The predicted octanol–water partition coefficient (Wildman–Crippen LogP) is 6.33. The molecule has 42 heavy (non-hydrogen) atoms. The van der Waals surface area contributed by atoms with Crippen LogP contribution in [-0.2, 0) is 12.8 Å². The molecule has 1 atom stereocenters. The Morgan fingerprint density at radius 1 is 0.786 bits per heavy atom. The molecule has 4 aromatic rings. The predicted molar refractivity (Wildman–Crippen MR) is 155 cm³/mol. The maximum Gasteiger partial charge on any atom is 0.257 e. The second kappa shape index (κ2) is 12.3. The minimum absolute atomic E-state index is 0.00280. The van der Waals surface area contributed by atoms with Crippen LogP contribution in [0.25, 0.3) is 0 Å². The number of rotatable bonds is 4. The van der Waals surface area contributed by atoms with Crippen LogP contribution in [0.1, 0.15) is 66.6 Å². The van der Waals surface area contributed by atoms with E-state index in [2.05, 4.69) is 20.6 Å². The molecule has 0 saturated heterocycles. The highest BCUT2D eigenvalue weighted by Gasteiger charge is 2.26. The number of carbonyl (C=O) groups is 3. The summed E-state index contributed by atoms with van der Waals surface area (Å²) in [5.41, 5.74) is 10.7. The van der Waals surface area contributed by atoms with Gasteiger partial charge in [0, 0.05) is 54.2 Å². The number of ketones is 1. The van der Waals surface area contributed by atoms with E-state index in [4.69, 9.17) is 28.9 Å². The van der Waals surface area contributed by atoms with E-state index in [9.17, 15) is 23.2 Å². The molecule has 2 heterocycles. The van der Waals surface area contributed by atoms with Crippen molar-refractivity contribution in [1.82, 2.24) is 9.97 Å². The SMILES string of the molecule is NC1CCc2c(C(=O)Nc3ccc(F)c(Cl)c3)cncc21.O=C1CCc2c1cncc2C(=O)Nc1ccc(F)c(Cl)c1. The average molecular weight is 610 g/mol. The number of nitrogens with two attached hydrogens (primary N) is 1. The first-order valence-corrected chi connectivity index (χ1v) is 13.6. The number of hydrogen-bond acceptors (Lipinski definition) is 6. The Morgan fingerprint density at radius 2 is 1.33 bits per heavy atom. The number of Topliss-reactive ketones (excluding diaryl/α,β-unsaturated/α-hetero) is 1. The summed E-state index contributed by atoms with van der Waals surface area (Å²) in [5, 5.41) is 5.22.